The maximum absolute atomic E-state index is 14.0. The number of carbonyl (C=O) groups excluding carboxylic acids is 1. The predicted molar refractivity (Wildman–Crippen MR) is 184 cm³/mol. The summed E-state index contributed by atoms with van der Waals surface area (Å²) in [5.74, 6) is 3.07. The molecule has 4 aliphatic rings. The van der Waals surface area contributed by atoms with E-state index in [4.69, 9.17) is 21.6 Å². The van der Waals surface area contributed by atoms with Crippen molar-refractivity contribution >= 4 is 40.1 Å². The number of aromatic amines is 1. The molecule has 1 amide bonds. The van der Waals surface area contributed by atoms with Gasteiger partial charge in [0.25, 0.3) is 5.56 Å². The van der Waals surface area contributed by atoms with E-state index < -0.39 is 0 Å². The van der Waals surface area contributed by atoms with Gasteiger partial charge in [-0.05, 0) is 97.4 Å². The summed E-state index contributed by atoms with van der Waals surface area (Å²) in [7, 11) is 0. The lowest BCUT2D eigenvalue weighted by Gasteiger charge is -2.61. The first-order chi connectivity index (χ1) is 22.1. The highest BCUT2D eigenvalue weighted by atomic mass is 35.5. The van der Waals surface area contributed by atoms with E-state index in [1.807, 2.05) is 67.7 Å². The van der Waals surface area contributed by atoms with E-state index in [9.17, 15) is 9.59 Å². The van der Waals surface area contributed by atoms with E-state index in [2.05, 4.69) is 41.3 Å². The number of H-pyrrole nitrogens is 1. The standard InChI is InChI=1S/C36H42ClN7O2/c1-21-19-43(20-32(45)39-21)35(42-30-17-24-16-28(22(30)2)36(24,3)4)40-26-11-12-27-31(18-26)41-33(29-6-5-14-38-29)44(34(27)46)15-13-23-7-9-25(37)10-8-23/h5-12,14,18,21-22,24,28,30,38H,13,15-17,19-20H2,1-4H3,(H,39,45)(H,40,42)/t21-,22+,24-,28-,30-/m0/s1. The van der Waals surface area contributed by atoms with Crippen LogP contribution in [0.3, 0.4) is 0 Å². The Hall–Kier alpha value is -4.11. The molecule has 10 heteroatoms. The van der Waals surface area contributed by atoms with Crippen LogP contribution >= 0.6 is 11.6 Å². The van der Waals surface area contributed by atoms with E-state index >= 15 is 0 Å². The first-order valence-electron chi connectivity index (χ1n) is 16.4. The fourth-order valence-corrected chi connectivity index (χ4v) is 8.07. The van der Waals surface area contributed by atoms with Crippen molar-refractivity contribution in [3.63, 3.8) is 0 Å². The van der Waals surface area contributed by atoms with E-state index in [-0.39, 0.29) is 30.1 Å². The van der Waals surface area contributed by atoms with Gasteiger partial charge in [0.2, 0.25) is 5.91 Å². The van der Waals surface area contributed by atoms with Crippen LogP contribution in [0.15, 0.2) is 70.6 Å². The molecule has 1 saturated heterocycles. The number of carbonyl (C=O) groups is 1. The topological polar surface area (TPSA) is 107 Å². The zero-order valence-corrected chi connectivity index (χ0v) is 27.6. The summed E-state index contributed by atoms with van der Waals surface area (Å²) >= 11 is 6.08. The number of nitrogens with one attached hydrogen (secondary N) is 3. The van der Waals surface area contributed by atoms with Crippen molar-refractivity contribution in [2.45, 2.75) is 65.6 Å². The maximum Gasteiger partial charge on any atom is 0.261 e. The van der Waals surface area contributed by atoms with Gasteiger partial charge in [-0.15, -0.1) is 0 Å². The van der Waals surface area contributed by atoms with Crippen LogP contribution in [0, 0.1) is 23.2 Å². The Kier molecular flexibility index (Phi) is 7.91. The quantitative estimate of drug-likeness (QED) is 0.179. The number of aryl methyl sites for hydroxylation is 1. The molecule has 8 rings (SSSR count). The number of hydrogen-bond donors (Lipinski definition) is 3. The van der Waals surface area contributed by atoms with Crippen LogP contribution in [-0.2, 0) is 17.8 Å². The second kappa shape index (κ2) is 11.9. The van der Waals surface area contributed by atoms with Gasteiger partial charge in [0.05, 0.1) is 29.2 Å². The summed E-state index contributed by atoms with van der Waals surface area (Å²) in [5.41, 5.74) is 3.51. The molecule has 1 aliphatic heterocycles. The minimum absolute atomic E-state index is 0.0103. The smallest absolute Gasteiger partial charge is 0.261 e. The van der Waals surface area contributed by atoms with Crippen molar-refractivity contribution in [3.8, 4) is 11.5 Å². The first kappa shape index (κ1) is 30.5. The molecule has 9 nitrogen and oxygen atoms in total. The largest absolute Gasteiger partial charge is 0.359 e. The molecule has 5 atom stereocenters. The number of piperazine rings is 1. The number of fused-ring (bicyclic) bond motifs is 3. The fraction of sp³-hybridized carbons (Fsp3) is 0.444. The van der Waals surface area contributed by atoms with Crippen molar-refractivity contribution in [1.29, 1.82) is 0 Å². The van der Waals surface area contributed by atoms with Gasteiger partial charge in [0, 0.05) is 36.0 Å². The number of aromatic nitrogens is 3. The first-order valence-corrected chi connectivity index (χ1v) is 16.8. The molecule has 0 unspecified atom stereocenters. The molecule has 2 aromatic carbocycles. The molecule has 4 fully saturated rings. The Bertz CT molecular complexity index is 1850. The average molecular weight is 640 g/mol. The molecule has 3 heterocycles. The SMILES string of the molecule is C[C@H]1[C@@H](N=C(Nc2ccc3c(=O)n(CCc4ccc(Cl)cc4)c(-c4ccc[nH]4)nc3c2)N2CC(=O)N[C@@H](C)C2)C[C@@H]2C[C@@H]1C2(C)C. The van der Waals surface area contributed by atoms with Gasteiger partial charge in [0.15, 0.2) is 11.8 Å². The number of rotatable bonds is 6. The molecule has 2 aromatic heterocycles. The van der Waals surface area contributed by atoms with Gasteiger partial charge in [-0.25, -0.2) is 9.98 Å². The lowest BCUT2D eigenvalue weighted by Crippen LogP contribution is -2.58. The monoisotopic (exact) mass is 639 g/mol. The highest BCUT2D eigenvalue weighted by molar-refractivity contribution is 6.30. The number of anilines is 1. The van der Waals surface area contributed by atoms with E-state index in [1.165, 1.54) is 6.42 Å². The van der Waals surface area contributed by atoms with Crippen LogP contribution < -0.4 is 16.2 Å². The zero-order valence-electron chi connectivity index (χ0n) is 26.9. The fourth-order valence-electron chi connectivity index (χ4n) is 7.94. The molecule has 0 radical (unpaired) electrons. The van der Waals surface area contributed by atoms with Crippen molar-refractivity contribution < 1.29 is 4.79 Å². The van der Waals surface area contributed by atoms with Crippen LogP contribution in [0.2, 0.25) is 5.02 Å². The highest BCUT2D eigenvalue weighted by Crippen LogP contribution is 2.61. The molecular weight excluding hydrogens is 598 g/mol. The van der Waals surface area contributed by atoms with Gasteiger partial charge in [-0.3, -0.25) is 14.2 Å². The van der Waals surface area contributed by atoms with Gasteiger partial charge in [-0.1, -0.05) is 44.5 Å². The average Bonchev–Trinajstić information content (AvgIpc) is 3.56. The number of guanidine groups is 1. The summed E-state index contributed by atoms with van der Waals surface area (Å²) in [6.45, 7) is 10.5. The second-order valence-electron chi connectivity index (χ2n) is 14.0. The summed E-state index contributed by atoms with van der Waals surface area (Å²) in [6, 6.07) is 17.4. The Morgan fingerprint density at radius 1 is 1.11 bits per heavy atom. The van der Waals surface area contributed by atoms with Crippen LogP contribution in [0.1, 0.15) is 46.1 Å². The van der Waals surface area contributed by atoms with E-state index in [0.29, 0.717) is 70.4 Å². The Balaban J connectivity index is 1.23. The van der Waals surface area contributed by atoms with Crippen LogP contribution in [0.25, 0.3) is 22.4 Å². The second-order valence-corrected chi connectivity index (χ2v) is 14.5. The number of nitrogens with zero attached hydrogens (tertiary/aromatic N) is 4. The van der Waals surface area contributed by atoms with Crippen LogP contribution in [0.5, 0.6) is 0 Å². The predicted octanol–water partition coefficient (Wildman–Crippen LogP) is 5.95. The number of hydrogen-bond acceptors (Lipinski definition) is 4. The number of aliphatic imine (C=N–C) groups is 1. The summed E-state index contributed by atoms with van der Waals surface area (Å²) < 4.78 is 1.74. The third-order valence-corrected chi connectivity index (χ3v) is 11.0. The number of benzene rings is 2. The molecule has 0 spiro atoms. The Labute approximate surface area is 274 Å². The number of amides is 1. The molecular formula is C36H42ClN7O2. The lowest BCUT2D eigenvalue weighted by atomic mass is 9.45. The summed E-state index contributed by atoms with van der Waals surface area (Å²) in [5, 5.41) is 7.82. The molecule has 3 N–H and O–H groups in total. The van der Waals surface area contributed by atoms with Gasteiger partial charge in [0.1, 0.15) is 0 Å². The maximum atomic E-state index is 14.0. The van der Waals surface area contributed by atoms with Gasteiger partial charge in [-0.2, -0.15) is 0 Å². The van der Waals surface area contributed by atoms with Crippen molar-refractivity contribution in [1.82, 2.24) is 24.8 Å². The minimum atomic E-state index is -0.0941. The molecule has 46 heavy (non-hydrogen) atoms. The lowest BCUT2D eigenvalue weighted by molar-refractivity contribution is -0.124. The molecule has 3 saturated carbocycles. The van der Waals surface area contributed by atoms with E-state index in [1.54, 1.807) is 4.57 Å². The third kappa shape index (κ3) is 5.70. The Morgan fingerprint density at radius 3 is 2.61 bits per heavy atom. The summed E-state index contributed by atoms with van der Waals surface area (Å²) in [4.78, 5) is 42.2. The highest BCUT2D eigenvalue weighted by Gasteiger charge is 2.56. The summed E-state index contributed by atoms with van der Waals surface area (Å²) in [6.07, 6.45) is 4.84. The molecule has 3 aliphatic carbocycles. The normalized spacial score (nSPS) is 25.7. The third-order valence-electron chi connectivity index (χ3n) is 10.7. The van der Waals surface area contributed by atoms with Crippen LogP contribution in [-0.4, -0.2) is 56.5 Å². The Morgan fingerprint density at radius 2 is 1.91 bits per heavy atom. The van der Waals surface area contributed by atoms with Gasteiger partial charge < -0.3 is 20.5 Å². The van der Waals surface area contributed by atoms with Crippen molar-refractivity contribution in [2.24, 2.45) is 28.2 Å². The minimum Gasteiger partial charge on any atom is -0.359 e. The van der Waals surface area contributed by atoms with Crippen molar-refractivity contribution in [3.05, 3.63) is 81.7 Å². The van der Waals surface area contributed by atoms with Crippen LogP contribution in [0.4, 0.5) is 5.69 Å². The molecule has 2 bridgehead atoms. The van der Waals surface area contributed by atoms with Crippen molar-refractivity contribution in [2.75, 3.05) is 18.4 Å². The molecule has 240 valence electrons. The van der Waals surface area contributed by atoms with E-state index in [0.717, 1.165) is 23.4 Å². The number of halogens is 1. The molecule has 4 aromatic rings. The zero-order chi connectivity index (χ0) is 32.2. The van der Waals surface area contributed by atoms with Gasteiger partial charge >= 0.3 is 0 Å².